The van der Waals surface area contributed by atoms with Gasteiger partial charge in [-0.15, -0.1) is 11.3 Å². The first-order valence-electron chi connectivity index (χ1n) is 5.93. The van der Waals surface area contributed by atoms with E-state index >= 15 is 0 Å². The third-order valence-electron chi connectivity index (χ3n) is 3.14. The number of hydrogen-bond donors (Lipinski definition) is 1. The quantitative estimate of drug-likeness (QED) is 0.794. The van der Waals surface area contributed by atoms with Gasteiger partial charge in [0.05, 0.1) is 12.0 Å². The number of aliphatic hydroxyl groups is 1. The van der Waals surface area contributed by atoms with E-state index in [-0.39, 0.29) is 0 Å². The maximum absolute atomic E-state index is 10.6. The Morgan fingerprint density at radius 1 is 1.26 bits per heavy atom. The first-order valence-corrected chi connectivity index (χ1v) is 6.81. The van der Waals surface area contributed by atoms with Crippen LogP contribution in [-0.4, -0.2) is 17.2 Å². The molecule has 0 aliphatic carbocycles. The number of nitrogens with zero attached hydrogens (tertiary/aromatic N) is 1. The van der Waals surface area contributed by atoms with Crippen LogP contribution in [0.4, 0.5) is 0 Å². The van der Waals surface area contributed by atoms with Crippen LogP contribution in [0.3, 0.4) is 0 Å². The van der Waals surface area contributed by atoms with E-state index in [9.17, 15) is 5.11 Å². The number of pyridine rings is 1. The molecule has 3 rings (SSSR count). The van der Waals surface area contributed by atoms with E-state index in [1.54, 1.807) is 19.5 Å². The van der Waals surface area contributed by atoms with Crippen LogP contribution >= 0.6 is 11.3 Å². The largest absolute Gasteiger partial charge is 0.495 e. The highest BCUT2D eigenvalue weighted by molar-refractivity contribution is 7.10. The molecule has 0 spiro atoms. The fourth-order valence-corrected chi connectivity index (χ4v) is 3.06. The van der Waals surface area contributed by atoms with E-state index in [1.807, 2.05) is 35.7 Å². The molecule has 2 aromatic heterocycles. The molecule has 0 amide bonds. The summed E-state index contributed by atoms with van der Waals surface area (Å²) >= 11 is 1.49. The normalized spacial score (nSPS) is 12.5. The smallest absolute Gasteiger partial charge is 0.135 e. The van der Waals surface area contributed by atoms with Crippen LogP contribution in [0.1, 0.15) is 16.5 Å². The molecule has 3 nitrogen and oxygen atoms in total. The van der Waals surface area contributed by atoms with Gasteiger partial charge in [0.1, 0.15) is 11.9 Å². The van der Waals surface area contributed by atoms with Gasteiger partial charge in [0.15, 0.2) is 0 Å². The Morgan fingerprint density at radius 2 is 2.16 bits per heavy atom. The Balaban J connectivity index is 2.14. The Labute approximate surface area is 115 Å². The molecular formula is C15H13NO2S. The van der Waals surface area contributed by atoms with Gasteiger partial charge < -0.3 is 9.84 Å². The molecule has 0 bridgehead atoms. The zero-order valence-corrected chi connectivity index (χ0v) is 11.2. The summed E-state index contributed by atoms with van der Waals surface area (Å²) < 4.78 is 5.27. The summed E-state index contributed by atoms with van der Waals surface area (Å²) in [7, 11) is 1.61. The second-order valence-electron chi connectivity index (χ2n) is 4.20. The molecule has 3 aromatic rings. The summed E-state index contributed by atoms with van der Waals surface area (Å²) in [4.78, 5) is 4.96. The SMILES string of the molecule is COc1ccsc1C(O)c1cccc2ccncc12. The molecule has 0 saturated heterocycles. The predicted octanol–water partition coefficient (Wildman–Crippen LogP) is 3.39. The lowest BCUT2D eigenvalue weighted by Crippen LogP contribution is -2.00. The van der Waals surface area contributed by atoms with E-state index in [1.165, 1.54) is 11.3 Å². The van der Waals surface area contributed by atoms with Crippen LogP contribution in [0, 0.1) is 0 Å². The van der Waals surface area contributed by atoms with Gasteiger partial charge in [-0.05, 0) is 28.5 Å². The molecule has 0 aliphatic heterocycles. The molecule has 4 heteroatoms. The number of rotatable bonds is 3. The summed E-state index contributed by atoms with van der Waals surface area (Å²) in [6.07, 6.45) is 2.85. The van der Waals surface area contributed by atoms with Crippen molar-refractivity contribution in [3.8, 4) is 5.75 Å². The lowest BCUT2D eigenvalue weighted by molar-refractivity contribution is 0.220. The third-order valence-corrected chi connectivity index (χ3v) is 4.09. The van der Waals surface area contributed by atoms with Crippen LogP contribution in [0.5, 0.6) is 5.75 Å². The summed E-state index contributed by atoms with van der Waals surface area (Å²) in [5, 5.41) is 14.5. The van der Waals surface area contributed by atoms with Crippen molar-refractivity contribution in [2.75, 3.05) is 7.11 Å². The Morgan fingerprint density at radius 3 is 3.00 bits per heavy atom. The van der Waals surface area contributed by atoms with Crippen LogP contribution in [0.2, 0.25) is 0 Å². The second kappa shape index (κ2) is 4.99. The van der Waals surface area contributed by atoms with Crippen LogP contribution in [0.15, 0.2) is 48.1 Å². The van der Waals surface area contributed by atoms with Gasteiger partial charge in [0.2, 0.25) is 0 Å². The number of thiophene rings is 1. The predicted molar refractivity (Wildman–Crippen MR) is 76.7 cm³/mol. The number of benzene rings is 1. The monoisotopic (exact) mass is 271 g/mol. The summed E-state index contributed by atoms with van der Waals surface area (Å²) in [6, 6.07) is 9.69. The van der Waals surface area contributed by atoms with Gasteiger partial charge in [0.25, 0.3) is 0 Å². The van der Waals surface area contributed by atoms with Crippen molar-refractivity contribution in [2.24, 2.45) is 0 Å². The average molecular weight is 271 g/mol. The molecule has 19 heavy (non-hydrogen) atoms. The topological polar surface area (TPSA) is 42.4 Å². The minimum absolute atomic E-state index is 0.692. The number of hydrogen-bond acceptors (Lipinski definition) is 4. The zero-order valence-electron chi connectivity index (χ0n) is 10.4. The Hall–Kier alpha value is -1.91. The van der Waals surface area contributed by atoms with E-state index in [4.69, 9.17) is 4.74 Å². The molecule has 0 fully saturated rings. The first kappa shape index (κ1) is 12.1. The van der Waals surface area contributed by atoms with Gasteiger partial charge in [-0.3, -0.25) is 4.98 Å². The number of aliphatic hydroxyl groups excluding tert-OH is 1. The molecule has 96 valence electrons. The van der Waals surface area contributed by atoms with Gasteiger partial charge in [-0.25, -0.2) is 0 Å². The van der Waals surface area contributed by atoms with Crippen molar-refractivity contribution in [2.45, 2.75) is 6.10 Å². The van der Waals surface area contributed by atoms with E-state index in [0.29, 0.717) is 0 Å². The molecule has 0 saturated carbocycles. The summed E-state index contributed by atoms with van der Waals surface area (Å²) in [6.45, 7) is 0. The number of aromatic nitrogens is 1. The van der Waals surface area contributed by atoms with Crippen LogP contribution in [-0.2, 0) is 0 Å². The fraction of sp³-hybridized carbons (Fsp3) is 0.133. The Bertz CT molecular complexity index is 703. The molecule has 0 aliphatic rings. The molecule has 1 aromatic carbocycles. The Kier molecular flexibility index (Phi) is 3.19. The van der Waals surface area contributed by atoms with Crippen molar-refractivity contribution < 1.29 is 9.84 Å². The highest BCUT2D eigenvalue weighted by Gasteiger charge is 2.18. The van der Waals surface area contributed by atoms with Crippen LogP contribution in [0.25, 0.3) is 10.8 Å². The molecule has 1 atom stereocenters. The molecule has 1 unspecified atom stereocenters. The lowest BCUT2D eigenvalue weighted by atomic mass is 10.0. The first-order chi connectivity index (χ1) is 9.31. The maximum Gasteiger partial charge on any atom is 0.135 e. The molecule has 0 radical (unpaired) electrons. The zero-order chi connectivity index (χ0) is 13.2. The van der Waals surface area contributed by atoms with Crippen molar-refractivity contribution >= 4 is 22.1 Å². The third kappa shape index (κ3) is 2.09. The standard InChI is InChI=1S/C15H13NO2S/c1-18-13-6-8-19-15(13)14(17)11-4-2-3-10-5-7-16-9-12(10)11/h2-9,14,17H,1H3. The number of fused-ring (bicyclic) bond motifs is 1. The molecule has 1 N–H and O–H groups in total. The van der Waals surface area contributed by atoms with Gasteiger partial charge in [0, 0.05) is 17.8 Å². The second-order valence-corrected chi connectivity index (χ2v) is 5.15. The maximum atomic E-state index is 10.6. The van der Waals surface area contributed by atoms with Gasteiger partial charge in [-0.1, -0.05) is 18.2 Å². The minimum Gasteiger partial charge on any atom is -0.495 e. The van der Waals surface area contributed by atoms with Crippen molar-refractivity contribution in [1.29, 1.82) is 0 Å². The van der Waals surface area contributed by atoms with Crippen molar-refractivity contribution in [3.05, 3.63) is 58.5 Å². The highest BCUT2D eigenvalue weighted by Crippen LogP contribution is 2.36. The minimum atomic E-state index is -0.692. The highest BCUT2D eigenvalue weighted by atomic mass is 32.1. The van der Waals surface area contributed by atoms with Gasteiger partial charge >= 0.3 is 0 Å². The fourth-order valence-electron chi connectivity index (χ4n) is 2.19. The summed E-state index contributed by atoms with van der Waals surface area (Å²) in [5.74, 6) is 0.721. The van der Waals surface area contributed by atoms with Gasteiger partial charge in [-0.2, -0.15) is 0 Å². The number of ether oxygens (including phenoxy) is 1. The van der Waals surface area contributed by atoms with Crippen molar-refractivity contribution in [1.82, 2.24) is 4.98 Å². The van der Waals surface area contributed by atoms with E-state index in [0.717, 1.165) is 27.0 Å². The molecule has 2 heterocycles. The van der Waals surface area contributed by atoms with E-state index in [2.05, 4.69) is 4.98 Å². The van der Waals surface area contributed by atoms with E-state index < -0.39 is 6.10 Å². The summed E-state index contributed by atoms with van der Waals surface area (Å²) in [5.41, 5.74) is 0.853. The molecular weight excluding hydrogens is 258 g/mol. The number of methoxy groups -OCH3 is 1. The van der Waals surface area contributed by atoms with Crippen LogP contribution < -0.4 is 4.74 Å². The van der Waals surface area contributed by atoms with Crippen molar-refractivity contribution in [3.63, 3.8) is 0 Å². The lowest BCUT2D eigenvalue weighted by Gasteiger charge is -2.13. The average Bonchev–Trinajstić information content (AvgIpc) is 2.94.